The lowest BCUT2D eigenvalue weighted by Gasteiger charge is -2.32. The highest BCUT2D eigenvalue weighted by Crippen LogP contribution is 2.39. The second-order valence-electron chi connectivity index (χ2n) is 6.89. The van der Waals surface area contributed by atoms with E-state index in [1.165, 1.54) is 57.2 Å². The van der Waals surface area contributed by atoms with E-state index >= 15 is 0 Å². The molecule has 1 aromatic rings. The summed E-state index contributed by atoms with van der Waals surface area (Å²) in [4.78, 5) is 2.71. The average Bonchev–Trinajstić information content (AvgIpc) is 3.27. The van der Waals surface area contributed by atoms with Crippen molar-refractivity contribution in [2.45, 2.75) is 63.1 Å². The standard InChI is InChI=1S/C18H26N2/c1-2-11-20-12-10-17(18(20)3-1)19-13-14-4-6-15(7-5-14)16-8-9-16/h4-7,16-19H,1-3,8-13H2. The van der Waals surface area contributed by atoms with Gasteiger partial charge in [-0.2, -0.15) is 0 Å². The van der Waals surface area contributed by atoms with Gasteiger partial charge in [0.2, 0.25) is 0 Å². The van der Waals surface area contributed by atoms with Crippen LogP contribution in [-0.4, -0.2) is 30.1 Å². The summed E-state index contributed by atoms with van der Waals surface area (Å²) < 4.78 is 0. The first kappa shape index (κ1) is 12.8. The fourth-order valence-corrected chi connectivity index (χ4v) is 4.06. The average molecular weight is 270 g/mol. The van der Waals surface area contributed by atoms with Gasteiger partial charge in [0, 0.05) is 25.2 Å². The number of hydrogen-bond donors (Lipinski definition) is 1. The van der Waals surface area contributed by atoms with Crippen molar-refractivity contribution in [3.63, 3.8) is 0 Å². The lowest BCUT2D eigenvalue weighted by molar-refractivity contribution is 0.180. The highest BCUT2D eigenvalue weighted by atomic mass is 15.2. The highest BCUT2D eigenvalue weighted by molar-refractivity contribution is 5.28. The maximum absolute atomic E-state index is 3.82. The Labute approximate surface area is 122 Å². The van der Waals surface area contributed by atoms with Gasteiger partial charge in [-0.05, 0) is 55.7 Å². The molecular weight excluding hydrogens is 244 g/mol. The lowest BCUT2D eigenvalue weighted by atomic mass is 9.99. The van der Waals surface area contributed by atoms with Crippen molar-refractivity contribution in [2.75, 3.05) is 13.1 Å². The van der Waals surface area contributed by atoms with E-state index in [9.17, 15) is 0 Å². The summed E-state index contributed by atoms with van der Waals surface area (Å²) in [7, 11) is 0. The number of hydrogen-bond acceptors (Lipinski definition) is 2. The normalized spacial score (nSPS) is 30.4. The summed E-state index contributed by atoms with van der Waals surface area (Å²) in [6.45, 7) is 3.68. The second kappa shape index (κ2) is 5.50. The first-order valence-electron chi connectivity index (χ1n) is 8.46. The Morgan fingerprint density at radius 3 is 2.60 bits per heavy atom. The molecular formula is C18H26N2. The molecule has 108 valence electrons. The molecule has 20 heavy (non-hydrogen) atoms. The van der Waals surface area contributed by atoms with E-state index in [1.54, 1.807) is 5.56 Å². The van der Waals surface area contributed by atoms with Crippen molar-refractivity contribution >= 4 is 0 Å². The van der Waals surface area contributed by atoms with Crippen molar-refractivity contribution in [3.8, 4) is 0 Å². The van der Waals surface area contributed by atoms with Crippen LogP contribution in [0.3, 0.4) is 0 Å². The van der Waals surface area contributed by atoms with Crippen LogP contribution in [0.4, 0.5) is 0 Å². The molecule has 0 bridgehead atoms. The Kier molecular flexibility index (Phi) is 3.53. The Bertz CT molecular complexity index is 449. The van der Waals surface area contributed by atoms with Gasteiger partial charge in [-0.15, -0.1) is 0 Å². The number of piperidine rings is 1. The lowest BCUT2D eigenvalue weighted by Crippen LogP contribution is -2.44. The molecule has 1 saturated carbocycles. The molecule has 1 N–H and O–H groups in total. The molecule has 0 spiro atoms. The summed E-state index contributed by atoms with van der Waals surface area (Å²) >= 11 is 0. The van der Waals surface area contributed by atoms with E-state index in [0.717, 1.165) is 24.5 Å². The molecule has 4 rings (SSSR count). The van der Waals surface area contributed by atoms with E-state index in [2.05, 4.69) is 34.5 Å². The van der Waals surface area contributed by atoms with Crippen LogP contribution in [0, 0.1) is 0 Å². The van der Waals surface area contributed by atoms with Crippen LogP contribution in [0.2, 0.25) is 0 Å². The number of nitrogens with zero attached hydrogens (tertiary/aromatic N) is 1. The van der Waals surface area contributed by atoms with E-state index in [4.69, 9.17) is 0 Å². The Morgan fingerprint density at radius 2 is 1.80 bits per heavy atom. The molecule has 1 aliphatic carbocycles. The summed E-state index contributed by atoms with van der Waals surface area (Å²) in [5, 5.41) is 3.82. The maximum atomic E-state index is 3.82. The van der Waals surface area contributed by atoms with Crippen molar-refractivity contribution < 1.29 is 0 Å². The first-order chi connectivity index (χ1) is 9.90. The minimum Gasteiger partial charge on any atom is -0.308 e. The smallest absolute Gasteiger partial charge is 0.0249 e. The number of rotatable bonds is 4. The SMILES string of the molecule is c1cc(C2CC2)ccc1CNC1CCN2CCCCC12. The topological polar surface area (TPSA) is 15.3 Å². The van der Waals surface area contributed by atoms with Gasteiger partial charge >= 0.3 is 0 Å². The van der Waals surface area contributed by atoms with Crippen LogP contribution in [0.1, 0.15) is 55.6 Å². The predicted molar refractivity (Wildman–Crippen MR) is 82.9 cm³/mol. The van der Waals surface area contributed by atoms with Crippen LogP contribution in [0.25, 0.3) is 0 Å². The van der Waals surface area contributed by atoms with E-state index in [0.29, 0.717) is 0 Å². The molecule has 1 aromatic carbocycles. The minimum atomic E-state index is 0.721. The summed E-state index contributed by atoms with van der Waals surface area (Å²) in [5.74, 6) is 0.877. The zero-order chi connectivity index (χ0) is 13.4. The van der Waals surface area contributed by atoms with Gasteiger partial charge < -0.3 is 5.32 Å². The number of fused-ring (bicyclic) bond motifs is 1. The molecule has 2 heterocycles. The largest absolute Gasteiger partial charge is 0.308 e. The fourth-order valence-electron chi connectivity index (χ4n) is 4.06. The molecule has 0 aromatic heterocycles. The fraction of sp³-hybridized carbons (Fsp3) is 0.667. The van der Waals surface area contributed by atoms with Gasteiger partial charge in [0.25, 0.3) is 0 Å². The first-order valence-corrected chi connectivity index (χ1v) is 8.46. The van der Waals surface area contributed by atoms with E-state index in [1.807, 2.05) is 0 Å². The third-order valence-electron chi connectivity index (χ3n) is 5.45. The zero-order valence-corrected chi connectivity index (χ0v) is 12.4. The van der Waals surface area contributed by atoms with Crippen LogP contribution in [-0.2, 0) is 6.54 Å². The monoisotopic (exact) mass is 270 g/mol. The molecule has 0 amide bonds. The molecule has 2 atom stereocenters. The van der Waals surface area contributed by atoms with Crippen LogP contribution in [0.15, 0.2) is 24.3 Å². The summed E-state index contributed by atoms with van der Waals surface area (Å²) in [6.07, 6.45) is 8.37. The Morgan fingerprint density at radius 1 is 0.950 bits per heavy atom. The highest BCUT2D eigenvalue weighted by Gasteiger charge is 2.34. The number of nitrogens with one attached hydrogen (secondary N) is 1. The Hall–Kier alpha value is -0.860. The zero-order valence-electron chi connectivity index (χ0n) is 12.4. The van der Waals surface area contributed by atoms with Gasteiger partial charge in [0.15, 0.2) is 0 Å². The van der Waals surface area contributed by atoms with Crippen molar-refractivity contribution in [3.05, 3.63) is 35.4 Å². The summed E-state index contributed by atoms with van der Waals surface area (Å²) in [6, 6.07) is 10.9. The van der Waals surface area contributed by atoms with Gasteiger partial charge in [-0.1, -0.05) is 30.7 Å². The molecule has 2 heteroatoms. The van der Waals surface area contributed by atoms with Gasteiger partial charge in [0.05, 0.1) is 0 Å². The van der Waals surface area contributed by atoms with Gasteiger partial charge in [-0.3, -0.25) is 4.90 Å². The van der Waals surface area contributed by atoms with Crippen molar-refractivity contribution in [2.24, 2.45) is 0 Å². The quantitative estimate of drug-likeness (QED) is 0.903. The molecule has 0 radical (unpaired) electrons. The third kappa shape index (κ3) is 2.64. The van der Waals surface area contributed by atoms with Gasteiger partial charge in [0.1, 0.15) is 0 Å². The maximum Gasteiger partial charge on any atom is 0.0249 e. The molecule has 2 unspecified atom stereocenters. The predicted octanol–water partition coefficient (Wildman–Crippen LogP) is 3.28. The Balaban J connectivity index is 1.33. The van der Waals surface area contributed by atoms with Crippen molar-refractivity contribution in [1.82, 2.24) is 10.2 Å². The van der Waals surface area contributed by atoms with Crippen LogP contribution >= 0.6 is 0 Å². The molecule has 2 saturated heterocycles. The minimum absolute atomic E-state index is 0.721. The van der Waals surface area contributed by atoms with Gasteiger partial charge in [-0.25, -0.2) is 0 Å². The third-order valence-corrected chi connectivity index (χ3v) is 5.45. The molecule has 2 aliphatic heterocycles. The van der Waals surface area contributed by atoms with E-state index in [-0.39, 0.29) is 0 Å². The van der Waals surface area contributed by atoms with Crippen molar-refractivity contribution in [1.29, 1.82) is 0 Å². The van der Waals surface area contributed by atoms with Crippen LogP contribution < -0.4 is 5.32 Å². The van der Waals surface area contributed by atoms with E-state index < -0.39 is 0 Å². The number of benzene rings is 1. The molecule has 3 aliphatic rings. The molecule has 2 nitrogen and oxygen atoms in total. The second-order valence-corrected chi connectivity index (χ2v) is 6.89. The molecule has 3 fully saturated rings. The summed E-state index contributed by atoms with van der Waals surface area (Å²) in [5.41, 5.74) is 3.00. The van der Waals surface area contributed by atoms with Crippen LogP contribution in [0.5, 0.6) is 0 Å².